The minimum atomic E-state index is -0.431. The fraction of sp³-hybridized carbons (Fsp3) is 0.263. The van der Waals surface area contributed by atoms with Gasteiger partial charge in [-0.15, -0.1) is 0 Å². The Bertz CT molecular complexity index is 906. The van der Waals surface area contributed by atoms with Gasteiger partial charge in [0, 0.05) is 30.3 Å². The lowest BCUT2D eigenvalue weighted by Gasteiger charge is -2.19. The summed E-state index contributed by atoms with van der Waals surface area (Å²) in [4.78, 5) is 17.3. The Morgan fingerprint density at radius 2 is 1.92 bits per heavy atom. The molecule has 1 aliphatic rings. The van der Waals surface area contributed by atoms with Gasteiger partial charge in [-0.05, 0) is 18.4 Å². The van der Waals surface area contributed by atoms with Gasteiger partial charge in [0.15, 0.2) is 0 Å². The van der Waals surface area contributed by atoms with Gasteiger partial charge in [0.1, 0.15) is 0 Å². The van der Waals surface area contributed by atoms with Crippen molar-refractivity contribution in [2.75, 3.05) is 0 Å². The summed E-state index contributed by atoms with van der Waals surface area (Å²) in [6.07, 6.45) is 2.36. The second-order valence-electron chi connectivity index (χ2n) is 6.44. The van der Waals surface area contributed by atoms with Gasteiger partial charge in [-0.25, -0.2) is 0 Å². The predicted octanol–water partition coefficient (Wildman–Crippen LogP) is 3.81. The van der Waals surface area contributed by atoms with Crippen LogP contribution < -0.4 is 0 Å². The van der Waals surface area contributed by atoms with Crippen LogP contribution in [0, 0.1) is 10.1 Å². The fourth-order valence-corrected chi connectivity index (χ4v) is 2.94. The van der Waals surface area contributed by atoms with Crippen molar-refractivity contribution in [1.29, 1.82) is 0 Å². The number of nitrogens with zero attached hydrogens (tertiary/aromatic N) is 4. The lowest BCUT2D eigenvalue weighted by Crippen LogP contribution is -2.25. The van der Waals surface area contributed by atoms with E-state index in [0.29, 0.717) is 29.9 Å². The molecule has 2 aromatic carbocycles. The third-order valence-corrected chi connectivity index (χ3v) is 4.41. The van der Waals surface area contributed by atoms with E-state index in [1.54, 1.807) is 12.1 Å². The molecule has 1 saturated carbocycles. The highest BCUT2D eigenvalue weighted by molar-refractivity contribution is 5.58. The maximum absolute atomic E-state index is 10.9. The molecule has 0 spiro atoms. The molecule has 0 saturated heterocycles. The lowest BCUT2D eigenvalue weighted by atomic mass is 10.2. The Kier molecular flexibility index (Phi) is 4.45. The molecule has 0 aliphatic heterocycles. The molecule has 0 N–H and O–H groups in total. The van der Waals surface area contributed by atoms with Crippen molar-refractivity contribution in [3.05, 3.63) is 76.2 Å². The summed E-state index contributed by atoms with van der Waals surface area (Å²) in [6, 6.07) is 17.1. The van der Waals surface area contributed by atoms with Crippen molar-refractivity contribution in [2.45, 2.75) is 32.0 Å². The number of rotatable bonds is 7. The zero-order valence-electron chi connectivity index (χ0n) is 14.1. The van der Waals surface area contributed by atoms with Crippen molar-refractivity contribution in [3.8, 4) is 11.4 Å². The molecule has 1 heterocycles. The number of non-ortho nitro benzene ring substituents is 1. The zero-order chi connectivity index (χ0) is 17.9. The Morgan fingerprint density at radius 3 is 2.65 bits per heavy atom. The molecule has 1 aromatic heterocycles. The van der Waals surface area contributed by atoms with Crippen LogP contribution in [0.25, 0.3) is 11.4 Å². The standard InChI is InChI=1S/C19H18N4O3/c24-23(25)17-8-4-7-15(11-17)19-20-18(26-21-19)13-22(16-9-10-16)12-14-5-2-1-3-6-14/h1-8,11,16H,9-10,12-13H2. The number of hydrogen-bond acceptors (Lipinski definition) is 6. The first-order valence-corrected chi connectivity index (χ1v) is 8.54. The van der Waals surface area contributed by atoms with Crippen LogP contribution in [0.3, 0.4) is 0 Å². The second-order valence-corrected chi connectivity index (χ2v) is 6.44. The molecule has 132 valence electrons. The Morgan fingerprint density at radius 1 is 1.12 bits per heavy atom. The van der Waals surface area contributed by atoms with Crippen molar-refractivity contribution in [3.63, 3.8) is 0 Å². The van der Waals surface area contributed by atoms with Crippen molar-refractivity contribution < 1.29 is 9.45 Å². The van der Waals surface area contributed by atoms with E-state index in [0.717, 1.165) is 6.54 Å². The van der Waals surface area contributed by atoms with Crippen LogP contribution in [0.2, 0.25) is 0 Å². The maximum atomic E-state index is 10.9. The van der Waals surface area contributed by atoms with Gasteiger partial charge in [0.2, 0.25) is 11.7 Å². The SMILES string of the molecule is O=[N+]([O-])c1cccc(-c2noc(CN(Cc3ccccc3)C3CC3)n2)c1. The number of nitro benzene ring substituents is 1. The van der Waals surface area contributed by atoms with Crippen LogP contribution in [-0.2, 0) is 13.1 Å². The molecular formula is C19H18N4O3. The second kappa shape index (κ2) is 7.05. The van der Waals surface area contributed by atoms with E-state index in [2.05, 4.69) is 27.2 Å². The quantitative estimate of drug-likeness (QED) is 0.476. The van der Waals surface area contributed by atoms with Crippen molar-refractivity contribution in [2.24, 2.45) is 0 Å². The molecule has 1 aliphatic carbocycles. The normalized spacial score (nSPS) is 13.9. The highest BCUT2D eigenvalue weighted by Crippen LogP contribution is 2.30. The molecule has 0 amide bonds. The first-order chi connectivity index (χ1) is 12.7. The van der Waals surface area contributed by atoms with Crippen LogP contribution >= 0.6 is 0 Å². The van der Waals surface area contributed by atoms with Gasteiger partial charge < -0.3 is 4.52 Å². The van der Waals surface area contributed by atoms with Crippen LogP contribution in [0.4, 0.5) is 5.69 Å². The van der Waals surface area contributed by atoms with E-state index in [4.69, 9.17) is 4.52 Å². The summed E-state index contributed by atoms with van der Waals surface area (Å²) in [6.45, 7) is 1.40. The Hall–Kier alpha value is -3.06. The maximum Gasteiger partial charge on any atom is 0.270 e. The molecular weight excluding hydrogens is 332 g/mol. The average molecular weight is 350 g/mol. The highest BCUT2D eigenvalue weighted by Gasteiger charge is 2.30. The molecule has 26 heavy (non-hydrogen) atoms. The third kappa shape index (κ3) is 3.78. The molecule has 0 radical (unpaired) electrons. The molecule has 7 heteroatoms. The van der Waals surface area contributed by atoms with Crippen LogP contribution in [0.1, 0.15) is 24.3 Å². The Balaban J connectivity index is 1.50. The Labute approximate surface area is 150 Å². The first-order valence-electron chi connectivity index (χ1n) is 8.54. The molecule has 1 fully saturated rings. The molecule has 0 atom stereocenters. The number of hydrogen-bond donors (Lipinski definition) is 0. The smallest absolute Gasteiger partial charge is 0.270 e. The zero-order valence-corrected chi connectivity index (χ0v) is 14.1. The summed E-state index contributed by atoms with van der Waals surface area (Å²) in [5.41, 5.74) is 1.84. The minimum absolute atomic E-state index is 0.0116. The summed E-state index contributed by atoms with van der Waals surface area (Å²) < 4.78 is 5.39. The molecule has 7 nitrogen and oxygen atoms in total. The van der Waals surface area contributed by atoms with E-state index < -0.39 is 4.92 Å². The van der Waals surface area contributed by atoms with Gasteiger partial charge in [-0.3, -0.25) is 15.0 Å². The van der Waals surface area contributed by atoms with E-state index in [1.165, 1.54) is 30.5 Å². The number of aromatic nitrogens is 2. The van der Waals surface area contributed by atoms with E-state index in [1.807, 2.05) is 18.2 Å². The minimum Gasteiger partial charge on any atom is -0.338 e. The summed E-state index contributed by atoms with van der Waals surface area (Å²) in [5.74, 6) is 0.897. The number of nitro groups is 1. The van der Waals surface area contributed by atoms with E-state index >= 15 is 0 Å². The molecule has 0 unspecified atom stereocenters. The molecule has 4 rings (SSSR count). The van der Waals surface area contributed by atoms with E-state index in [-0.39, 0.29) is 5.69 Å². The fourth-order valence-electron chi connectivity index (χ4n) is 2.94. The third-order valence-electron chi connectivity index (χ3n) is 4.41. The van der Waals surface area contributed by atoms with Crippen molar-refractivity contribution >= 4 is 5.69 Å². The summed E-state index contributed by atoms with van der Waals surface area (Å²) in [5, 5.41) is 14.9. The predicted molar refractivity (Wildman–Crippen MR) is 95.1 cm³/mol. The number of benzene rings is 2. The van der Waals surface area contributed by atoms with Gasteiger partial charge in [-0.2, -0.15) is 4.98 Å². The largest absolute Gasteiger partial charge is 0.338 e. The van der Waals surface area contributed by atoms with Crippen LogP contribution in [0.15, 0.2) is 59.1 Å². The van der Waals surface area contributed by atoms with Gasteiger partial charge >= 0.3 is 0 Å². The van der Waals surface area contributed by atoms with Gasteiger partial charge in [-0.1, -0.05) is 47.6 Å². The highest BCUT2D eigenvalue weighted by atomic mass is 16.6. The average Bonchev–Trinajstić information content (AvgIpc) is 3.41. The summed E-state index contributed by atoms with van der Waals surface area (Å²) in [7, 11) is 0. The van der Waals surface area contributed by atoms with Gasteiger partial charge in [0.05, 0.1) is 11.5 Å². The topological polar surface area (TPSA) is 85.3 Å². The van der Waals surface area contributed by atoms with Crippen LogP contribution in [-0.4, -0.2) is 26.0 Å². The van der Waals surface area contributed by atoms with Gasteiger partial charge in [0.25, 0.3) is 5.69 Å². The molecule has 0 bridgehead atoms. The van der Waals surface area contributed by atoms with Crippen LogP contribution in [0.5, 0.6) is 0 Å². The summed E-state index contributed by atoms with van der Waals surface area (Å²) >= 11 is 0. The van der Waals surface area contributed by atoms with Crippen molar-refractivity contribution in [1.82, 2.24) is 15.0 Å². The monoisotopic (exact) mass is 350 g/mol. The van der Waals surface area contributed by atoms with E-state index in [9.17, 15) is 10.1 Å². The lowest BCUT2D eigenvalue weighted by molar-refractivity contribution is -0.384. The molecule has 3 aromatic rings. The first kappa shape index (κ1) is 16.4.